The summed E-state index contributed by atoms with van der Waals surface area (Å²) in [4.78, 5) is 16.3. The molecule has 0 bridgehead atoms. The minimum Gasteiger partial charge on any atom is -0.355 e. The molecule has 0 aliphatic heterocycles. The number of pyridine rings is 1. The third-order valence-corrected chi connectivity index (χ3v) is 3.80. The van der Waals surface area contributed by atoms with Gasteiger partial charge in [-0.3, -0.25) is 9.78 Å². The standard InChI is InChI=1S/C17H12N2O/c1-18-17(20)13-7-11-6-5-10-3-2-4-12-9-19-14(8-13)16(11)15(10)12/h2-9H,1H3,(H,18,20). The fourth-order valence-corrected chi connectivity index (χ4v) is 2.87. The van der Waals surface area contributed by atoms with Crippen molar-refractivity contribution < 1.29 is 4.79 Å². The Labute approximate surface area is 115 Å². The van der Waals surface area contributed by atoms with Crippen LogP contribution in [0.1, 0.15) is 10.4 Å². The number of hydrogen-bond donors (Lipinski definition) is 1. The Morgan fingerprint density at radius 1 is 1.00 bits per heavy atom. The summed E-state index contributed by atoms with van der Waals surface area (Å²) in [6, 6.07) is 14.1. The Kier molecular flexibility index (Phi) is 2.18. The molecule has 0 spiro atoms. The van der Waals surface area contributed by atoms with Crippen LogP contribution in [0.5, 0.6) is 0 Å². The van der Waals surface area contributed by atoms with E-state index in [9.17, 15) is 4.79 Å². The highest BCUT2D eigenvalue weighted by Crippen LogP contribution is 2.33. The number of aromatic nitrogens is 1. The molecule has 0 radical (unpaired) electrons. The highest BCUT2D eigenvalue weighted by Gasteiger charge is 2.12. The number of amides is 1. The molecular weight excluding hydrogens is 248 g/mol. The number of nitrogens with zero attached hydrogens (tertiary/aromatic N) is 1. The van der Waals surface area contributed by atoms with Gasteiger partial charge in [0, 0.05) is 35.0 Å². The van der Waals surface area contributed by atoms with E-state index < -0.39 is 0 Å². The summed E-state index contributed by atoms with van der Waals surface area (Å²) in [6.45, 7) is 0. The minimum absolute atomic E-state index is 0.0858. The zero-order valence-corrected chi connectivity index (χ0v) is 11.0. The van der Waals surface area contributed by atoms with Crippen molar-refractivity contribution in [2.24, 2.45) is 0 Å². The first-order chi connectivity index (χ1) is 9.78. The van der Waals surface area contributed by atoms with Crippen molar-refractivity contribution >= 4 is 38.4 Å². The largest absolute Gasteiger partial charge is 0.355 e. The molecule has 96 valence electrons. The van der Waals surface area contributed by atoms with Crippen LogP contribution in [0.15, 0.2) is 48.7 Å². The third kappa shape index (κ3) is 1.40. The number of hydrogen-bond acceptors (Lipinski definition) is 2. The van der Waals surface area contributed by atoms with Crippen molar-refractivity contribution in [1.29, 1.82) is 0 Å². The highest BCUT2D eigenvalue weighted by atomic mass is 16.1. The van der Waals surface area contributed by atoms with Gasteiger partial charge in [-0.05, 0) is 22.9 Å². The van der Waals surface area contributed by atoms with E-state index in [1.807, 2.05) is 24.4 Å². The van der Waals surface area contributed by atoms with E-state index in [0.717, 1.165) is 21.7 Å². The summed E-state index contributed by atoms with van der Waals surface area (Å²) in [5, 5.41) is 8.40. The molecule has 4 aromatic rings. The minimum atomic E-state index is -0.0858. The molecule has 3 aromatic carbocycles. The summed E-state index contributed by atoms with van der Waals surface area (Å²) in [6.07, 6.45) is 1.87. The van der Waals surface area contributed by atoms with E-state index in [-0.39, 0.29) is 5.91 Å². The van der Waals surface area contributed by atoms with Crippen LogP contribution < -0.4 is 5.32 Å². The first-order valence-corrected chi connectivity index (χ1v) is 6.53. The molecule has 20 heavy (non-hydrogen) atoms. The van der Waals surface area contributed by atoms with E-state index in [0.29, 0.717) is 5.56 Å². The SMILES string of the molecule is CNC(=O)c1cc2ccc3cccc4cnc(c1)c2c34. The first kappa shape index (κ1) is 11.2. The Balaban J connectivity index is 2.22. The van der Waals surface area contributed by atoms with Gasteiger partial charge in [-0.25, -0.2) is 0 Å². The number of carbonyl (C=O) groups excluding carboxylic acids is 1. The Morgan fingerprint density at radius 2 is 1.80 bits per heavy atom. The van der Waals surface area contributed by atoms with Crippen molar-refractivity contribution in [2.75, 3.05) is 7.05 Å². The molecule has 0 fully saturated rings. The van der Waals surface area contributed by atoms with Crippen molar-refractivity contribution in [3.8, 4) is 0 Å². The van der Waals surface area contributed by atoms with E-state index in [1.54, 1.807) is 7.05 Å². The summed E-state index contributed by atoms with van der Waals surface area (Å²) < 4.78 is 0. The number of rotatable bonds is 1. The molecule has 1 aromatic heterocycles. The van der Waals surface area contributed by atoms with Crippen LogP contribution >= 0.6 is 0 Å². The quantitative estimate of drug-likeness (QED) is 0.533. The topological polar surface area (TPSA) is 42.0 Å². The predicted octanol–water partition coefficient (Wildman–Crippen LogP) is 3.34. The first-order valence-electron chi connectivity index (χ1n) is 6.53. The zero-order chi connectivity index (χ0) is 13.7. The van der Waals surface area contributed by atoms with E-state index in [2.05, 4.69) is 34.6 Å². The van der Waals surface area contributed by atoms with Gasteiger partial charge in [-0.2, -0.15) is 0 Å². The van der Waals surface area contributed by atoms with E-state index >= 15 is 0 Å². The normalized spacial score (nSPS) is 11.4. The summed E-state index contributed by atoms with van der Waals surface area (Å²) >= 11 is 0. The zero-order valence-electron chi connectivity index (χ0n) is 11.0. The van der Waals surface area contributed by atoms with Gasteiger partial charge in [0.25, 0.3) is 5.91 Å². The molecule has 3 nitrogen and oxygen atoms in total. The summed E-state index contributed by atoms with van der Waals surface area (Å²) in [5.74, 6) is -0.0858. The molecule has 0 saturated heterocycles. The van der Waals surface area contributed by atoms with Crippen molar-refractivity contribution in [3.63, 3.8) is 0 Å². The van der Waals surface area contributed by atoms with Crippen LogP contribution in [0.3, 0.4) is 0 Å². The lowest BCUT2D eigenvalue weighted by molar-refractivity contribution is 0.0963. The number of carbonyl (C=O) groups is 1. The fourth-order valence-electron chi connectivity index (χ4n) is 2.87. The lowest BCUT2D eigenvalue weighted by atomic mass is 9.96. The Morgan fingerprint density at radius 3 is 2.65 bits per heavy atom. The van der Waals surface area contributed by atoms with Gasteiger partial charge in [-0.1, -0.05) is 30.3 Å². The summed E-state index contributed by atoms with van der Waals surface area (Å²) in [5.41, 5.74) is 1.51. The maximum atomic E-state index is 11.8. The maximum absolute atomic E-state index is 11.8. The smallest absolute Gasteiger partial charge is 0.251 e. The molecule has 0 atom stereocenters. The maximum Gasteiger partial charge on any atom is 0.251 e. The third-order valence-electron chi connectivity index (χ3n) is 3.80. The van der Waals surface area contributed by atoms with Crippen LogP contribution in [0, 0.1) is 0 Å². The molecule has 0 aliphatic carbocycles. The van der Waals surface area contributed by atoms with E-state index in [4.69, 9.17) is 0 Å². The van der Waals surface area contributed by atoms with Crippen LogP contribution in [0.25, 0.3) is 32.4 Å². The highest BCUT2D eigenvalue weighted by molar-refractivity contribution is 6.22. The molecule has 1 amide bonds. The van der Waals surface area contributed by atoms with Crippen molar-refractivity contribution in [2.45, 2.75) is 0 Å². The second-order valence-electron chi connectivity index (χ2n) is 4.94. The lowest BCUT2D eigenvalue weighted by Crippen LogP contribution is -2.17. The second-order valence-corrected chi connectivity index (χ2v) is 4.94. The molecule has 0 saturated carbocycles. The Bertz CT molecular complexity index is 895. The summed E-state index contributed by atoms with van der Waals surface area (Å²) in [7, 11) is 1.64. The molecule has 0 aliphatic rings. The fraction of sp³-hybridized carbons (Fsp3) is 0.0588. The van der Waals surface area contributed by atoms with Gasteiger partial charge < -0.3 is 5.32 Å². The van der Waals surface area contributed by atoms with E-state index in [1.165, 1.54) is 10.8 Å². The van der Waals surface area contributed by atoms with Gasteiger partial charge in [0.2, 0.25) is 0 Å². The van der Waals surface area contributed by atoms with Crippen LogP contribution in [0.4, 0.5) is 0 Å². The molecule has 3 heteroatoms. The van der Waals surface area contributed by atoms with Gasteiger partial charge >= 0.3 is 0 Å². The lowest BCUT2D eigenvalue weighted by Gasteiger charge is -2.11. The molecule has 4 rings (SSSR count). The van der Waals surface area contributed by atoms with Gasteiger partial charge in [0.15, 0.2) is 0 Å². The number of benzene rings is 3. The average molecular weight is 260 g/mol. The molecule has 1 N–H and O–H groups in total. The van der Waals surface area contributed by atoms with Gasteiger partial charge in [0.05, 0.1) is 5.52 Å². The second kappa shape index (κ2) is 3.90. The Hall–Kier alpha value is -2.68. The van der Waals surface area contributed by atoms with Gasteiger partial charge in [-0.15, -0.1) is 0 Å². The van der Waals surface area contributed by atoms with Crippen molar-refractivity contribution in [1.82, 2.24) is 10.3 Å². The molecule has 0 unspecified atom stereocenters. The monoisotopic (exact) mass is 260 g/mol. The van der Waals surface area contributed by atoms with Crippen LogP contribution in [-0.2, 0) is 0 Å². The molecule has 1 heterocycles. The van der Waals surface area contributed by atoms with Crippen LogP contribution in [-0.4, -0.2) is 17.9 Å². The van der Waals surface area contributed by atoms with Crippen molar-refractivity contribution in [3.05, 3.63) is 54.2 Å². The van der Waals surface area contributed by atoms with Gasteiger partial charge in [0.1, 0.15) is 0 Å². The number of nitrogens with one attached hydrogen (secondary N) is 1. The predicted molar refractivity (Wildman–Crippen MR) is 81.3 cm³/mol. The average Bonchev–Trinajstić information content (AvgIpc) is 2.51. The van der Waals surface area contributed by atoms with Crippen LogP contribution in [0.2, 0.25) is 0 Å². The molecular formula is C17H12N2O.